The number of hydrogen-bond donors (Lipinski definition) is 1. The molecule has 122 valence electrons. The largest absolute Gasteiger partial charge is 0.355 e. The molecule has 0 saturated carbocycles. The highest BCUT2D eigenvalue weighted by Crippen LogP contribution is 2.11. The van der Waals surface area contributed by atoms with Gasteiger partial charge in [0.1, 0.15) is 0 Å². The van der Waals surface area contributed by atoms with Gasteiger partial charge in [-0.2, -0.15) is 0 Å². The molecule has 4 nitrogen and oxygen atoms in total. The third kappa shape index (κ3) is 5.21. The van der Waals surface area contributed by atoms with Crippen molar-refractivity contribution >= 4 is 15.7 Å². The normalized spacial score (nSPS) is 11.2. The first-order valence-electron chi connectivity index (χ1n) is 7.46. The van der Waals surface area contributed by atoms with E-state index in [0.717, 1.165) is 16.7 Å². The second-order valence-electron chi connectivity index (χ2n) is 5.62. The number of amides is 1. The van der Waals surface area contributed by atoms with Gasteiger partial charge in [0.25, 0.3) is 0 Å². The van der Waals surface area contributed by atoms with Crippen LogP contribution in [-0.4, -0.2) is 27.1 Å². The average Bonchev–Trinajstić information content (AvgIpc) is 2.49. The van der Waals surface area contributed by atoms with E-state index < -0.39 is 9.84 Å². The van der Waals surface area contributed by atoms with Crippen molar-refractivity contribution in [3.8, 4) is 0 Å². The summed E-state index contributed by atoms with van der Waals surface area (Å²) in [7, 11) is -3.16. The topological polar surface area (TPSA) is 63.2 Å². The average molecular weight is 331 g/mol. The fraction of sp³-hybridized carbons (Fsp3) is 0.278. The maximum absolute atomic E-state index is 12.0. The zero-order chi connectivity index (χ0) is 16.9. The predicted molar refractivity (Wildman–Crippen MR) is 91.1 cm³/mol. The summed E-state index contributed by atoms with van der Waals surface area (Å²) in [5.74, 6) is -0.00736. The molecule has 0 aliphatic rings. The molecule has 0 fully saturated rings. The smallest absolute Gasteiger partial charge is 0.224 e. The highest BCUT2D eigenvalue weighted by Gasteiger charge is 2.07. The van der Waals surface area contributed by atoms with Gasteiger partial charge in [0.15, 0.2) is 9.84 Å². The number of rotatable bonds is 6. The van der Waals surface area contributed by atoms with Gasteiger partial charge in [-0.1, -0.05) is 36.4 Å². The highest BCUT2D eigenvalue weighted by atomic mass is 32.2. The van der Waals surface area contributed by atoms with Crippen molar-refractivity contribution in [2.24, 2.45) is 0 Å². The van der Waals surface area contributed by atoms with Crippen LogP contribution in [0.1, 0.15) is 16.7 Å². The zero-order valence-electron chi connectivity index (χ0n) is 13.4. The van der Waals surface area contributed by atoms with Crippen molar-refractivity contribution in [1.29, 1.82) is 0 Å². The Hall–Kier alpha value is -2.14. The van der Waals surface area contributed by atoms with Gasteiger partial charge in [-0.15, -0.1) is 0 Å². The molecule has 5 heteroatoms. The van der Waals surface area contributed by atoms with E-state index in [2.05, 4.69) is 5.32 Å². The van der Waals surface area contributed by atoms with Gasteiger partial charge in [-0.05, 0) is 42.2 Å². The van der Waals surface area contributed by atoms with Crippen LogP contribution in [0.4, 0.5) is 0 Å². The molecule has 0 radical (unpaired) electrons. The van der Waals surface area contributed by atoms with E-state index in [1.165, 1.54) is 6.26 Å². The molecule has 2 rings (SSSR count). The number of carbonyl (C=O) groups excluding carboxylic acids is 1. The molecule has 0 spiro atoms. The summed E-state index contributed by atoms with van der Waals surface area (Å²) in [4.78, 5) is 12.3. The first-order chi connectivity index (χ1) is 10.9. The van der Waals surface area contributed by atoms with E-state index in [-0.39, 0.29) is 5.91 Å². The SMILES string of the molecule is Cc1ccccc1CC(=O)NCCc1ccc(S(C)(=O)=O)cc1. The van der Waals surface area contributed by atoms with E-state index >= 15 is 0 Å². The standard InChI is InChI=1S/C18H21NO3S/c1-14-5-3-4-6-16(14)13-18(20)19-12-11-15-7-9-17(10-8-15)23(2,21)22/h3-10H,11-13H2,1-2H3,(H,19,20). The van der Waals surface area contributed by atoms with Crippen LogP contribution in [0.5, 0.6) is 0 Å². The van der Waals surface area contributed by atoms with E-state index in [0.29, 0.717) is 24.3 Å². The Morgan fingerprint density at radius 3 is 2.30 bits per heavy atom. The van der Waals surface area contributed by atoms with Crippen LogP contribution in [0.2, 0.25) is 0 Å². The van der Waals surface area contributed by atoms with Crippen molar-refractivity contribution in [3.63, 3.8) is 0 Å². The van der Waals surface area contributed by atoms with E-state index in [9.17, 15) is 13.2 Å². The molecule has 0 aliphatic heterocycles. The lowest BCUT2D eigenvalue weighted by Gasteiger charge is -2.08. The molecule has 1 amide bonds. The molecule has 0 heterocycles. The van der Waals surface area contributed by atoms with E-state index in [4.69, 9.17) is 0 Å². The lowest BCUT2D eigenvalue weighted by molar-refractivity contribution is -0.120. The van der Waals surface area contributed by atoms with Crippen molar-refractivity contribution in [1.82, 2.24) is 5.32 Å². The second kappa shape index (κ2) is 7.42. The molecule has 23 heavy (non-hydrogen) atoms. The monoisotopic (exact) mass is 331 g/mol. The van der Waals surface area contributed by atoms with Gasteiger partial charge >= 0.3 is 0 Å². The van der Waals surface area contributed by atoms with Gasteiger partial charge in [0.2, 0.25) is 5.91 Å². The number of carbonyl (C=O) groups is 1. The van der Waals surface area contributed by atoms with Crippen molar-refractivity contribution in [3.05, 3.63) is 65.2 Å². The number of sulfone groups is 1. The van der Waals surface area contributed by atoms with Crippen LogP contribution < -0.4 is 5.32 Å². The third-order valence-electron chi connectivity index (χ3n) is 3.70. The van der Waals surface area contributed by atoms with Crippen LogP contribution in [-0.2, 0) is 27.5 Å². The van der Waals surface area contributed by atoms with Gasteiger partial charge < -0.3 is 5.32 Å². The number of hydrogen-bond acceptors (Lipinski definition) is 3. The first-order valence-corrected chi connectivity index (χ1v) is 9.35. The van der Waals surface area contributed by atoms with Gasteiger partial charge in [0, 0.05) is 12.8 Å². The zero-order valence-corrected chi connectivity index (χ0v) is 14.2. The Bertz CT molecular complexity index is 780. The van der Waals surface area contributed by atoms with E-state index in [1.807, 2.05) is 31.2 Å². The Balaban J connectivity index is 1.83. The molecule has 0 atom stereocenters. The molecule has 2 aromatic carbocycles. The number of nitrogens with one attached hydrogen (secondary N) is 1. The molecule has 0 aliphatic carbocycles. The quantitative estimate of drug-likeness (QED) is 0.883. The van der Waals surface area contributed by atoms with Crippen LogP contribution in [0, 0.1) is 6.92 Å². The summed E-state index contributed by atoms with van der Waals surface area (Å²) in [6.07, 6.45) is 2.23. The molecular weight excluding hydrogens is 310 g/mol. The fourth-order valence-corrected chi connectivity index (χ4v) is 2.92. The van der Waals surface area contributed by atoms with Crippen molar-refractivity contribution in [2.45, 2.75) is 24.7 Å². The van der Waals surface area contributed by atoms with Crippen LogP contribution in [0.15, 0.2) is 53.4 Å². The van der Waals surface area contributed by atoms with Gasteiger partial charge in [-0.3, -0.25) is 4.79 Å². The lowest BCUT2D eigenvalue weighted by atomic mass is 10.1. The molecular formula is C18H21NO3S. The summed E-state index contributed by atoms with van der Waals surface area (Å²) in [5.41, 5.74) is 3.13. The molecule has 0 saturated heterocycles. The van der Waals surface area contributed by atoms with Crippen LogP contribution in [0.3, 0.4) is 0 Å². The summed E-state index contributed by atoms with van der Waals surface area (Å²) in [6, 6.07) is 14.6. The third-order valence-corrected chi connectivity index (χ3v) is 4.83. The van der Waals surface area contributed by atoms with Crippen LogP contribution in [0.25, 0.3) is 0 Å². The molecule has 2 aromatic rings. The Labute approximate surface area is 137 Å². The van der Waals surface area contributed by atoms with E-state index in [1.54, 1.807) is 24.3 Å². The number of aryl methyl sites for hydroxylation is 1. The fourth-order valence-electron chi connectivity index (χ4n) is 2.29. The maximum atomic E-state index is 12.0. The summed E-state index contributed by atoms with van der Waals surface area (Å²) >= 11 is 0. The summed E-state index contributed by atoms with van der Waals surface area (Å²) < 4.78 is 22.8. The highest BCUT2D eigenvalue weighted by molar-refractivity contribution is 7.90. The summed E-state index contributed by atoms with van der Waals surface area (Å²) in [5, 5.41) is 2.89. The minimum absolute atomic E-state index is 0.00736. The summed E-state index contributed by atoms with van der Waals surface area (Å²) in [6.45, 7) is 2.52. The predicted octanol–water partition coefficient (Wildman–Crippen LogP) is 2.30. The molecule has 0 bridgehead atoms. The van der Waals surface area contributed by atoms with Crippen molar-refractivity contribution in [2.75, 3.05) is 12.8 Å². The van der Waals surface area contributed by atoms with Gasteiger partial charge in [-0.25, -0.2) is 8.42 Å². The molecule has 0 aromatic heterocycles. The minimum atomic E-state index is -3.16. The van der Waals surface area contributed by atoms with Gasteiger partial charge in [0.05, 0.1) is 11.3 Å². The molecule has 0 unspecified atom stereocenters. The lowest BCUT2D eigenvalue weighted by Crippen LogP contribution is -2.27. The Morgan fingerprint density at radius 2 is 1.70 bits per heavy atom. The Morgan fingerprint density at radius 1 is 1.04 bits per heavy atom. The second-order valence-corrected chi connectivity index (χ2v) is 7.64. The molecule has 1 N–H and O–H groups in total. The van der Waals surface area contributed by atoms with Crippen molar-refractivity contribution < 1.29 is 13.2 Å². The first kappa shape index (κ1) is 17.2. The van der Waals surface area contributed by atoms with Crippen LogP contribution >= 0.6 is 0 Å². The number of benzene rings is 2. The maximum Gasteiger partial charge on any atom is 0.224 e. The Kier molecular flexibility index (Phi) is 5.55. The minimum Gasteiger partial charge on any atom is -0.355 e.